The third-order valence-electron chi connectivity index (χ3n) is 3.16. The van der Waals surface area contributed by atoms with E-state index in [1.165, 1.54) is 5.56 Å². The highest BCUT2D eigenvalue weighted by Gasteiger charge is 2.03. The van der Waals surface area contributed by atoms with Gasteiger partial charge in [-0.25, -0.2) is 0 Å². The zero-order chi connectivity index (χ0) is 14.2. The highest BCUT2D eigenvalue weighted by Crippen LogP contribution is 2.15. The van der Waals surface area contributed by atoms with Gasteiger partial charge in [0.1, 0.15) is 23.9 Å². The van der Waals surface area contributed by atoms with Crippen LogP contribution in [0.1, 0.15) is 37.4 Å². The summed E-state index contributed by atoms with van der Waals surface area (Å²) in [6, 6.07) is 12.2. The first-order valence-electron chi connectivity index (χ1n) is 7.32. The fourth-order valence-electron chi connectivity index (χ4n) is 1.96. The Bertz CT molecular complexity index is 502. The lowest BCUT2D eigenvalue weighted by Gasteiger charge is -2.05. The van der Waals surface area contributed by atoms with Gasteiger partial charge in [0, 0.05) is 0 Å². The van der Waals surface area contributed by atoms with Crippen LogP contribution in [0.4, 0.5) is 0 Å². The average molecular weight is 273 g/mol. The minimum Gasteiger partial charge on any atom is -0.486 e. The Balaban J connectivity index is 1.81. The summed E-state index contributed by atoms with van der Waals surface area (Å²) in [4.78, 5) is 0. The average Bonchev–Trinajstić information content (AvgIpc) is 2.94. The largest absolute Gasteiger partial charge is 0.486 e. The quantitative estimate of drug-likeness (QED) is 0.740. The van der Waals surface area contributed by atoms with Crippen LogP contribution in [0.2, 0.25) is 0 Å². The molecule has 0 bridgehead atoms. The lowest BCUT2D eigenvalue weighted by molar-refractivity contribution is 0.265. The van der Waals surface area contributed by atoms with E-state index in [0.29, 0.717) is 6.61 Å². The second-order valence-electron chi connectivity index (χ2n) is 4.83. The lowest BCUT2D eigenvalue weighted by Crippen LogP contribution is -2.13. The van der Waals surface area contributed by atoms with Gasteiger partial charge in [0.15, 0.2) is 0 Å². The van der Waals surface area contributed by atoms with Crippen molar-refractivity contribution in [3.63, 3.8) is 0 Å². The maximum Gasteiger partial charge on any atom is 0.146 e. The molecule has 2 rings (SSSR count). The Labute approximate surface area is 121 Å². The molecule has 1 heterocycles. The SMILES string of the molecule is CCCNCc1ccc(COc2ccc(CC)cc2)o1. The highest BCUT2D eigenvalue weighted by atomic mass is 16.5. The molecule has 0 spiro atoms. The first-order valence-corrected chi connectivity index (χ1v) is 7.32. The van der Waals surface area contributed by atoms with Crippen molar-refractivity contribution in [1.29, 1.82) is 0 Å². The van der Waals surface area contributed by atoms with Crippen LogP contribution in [0.25, 0.3) is 0 Å². The molecule has 20 heavy (non-hydrogen) atoms. The van der Waals surface area contributed by atoms with Crippen molar-refractivity contribution in [2.24, 2.45) is 0 Å². The van der Waals surface area contributed by atoms with Crippen LogP contribution in [0.15, 0.2) is 40.8 Å². The van der Waals surface area contributed by atoms with Crippen molar-refractivity contribution < 1.29 is 9.15 Å². The normalized spacial score (nSPS) is 10.7. The molecule has 1 aromatic carbocycles. The Kier molecular flexibility index (Phi) is 5.69. The van der Waals surface area contributed by atoms with Crippen LogP contribution < -0.4 is 10.1 Å². The van der Waals surface area contributed by atoms with Gasteiger partial charge in [-0.15, -0.1) is 0 Å². The summed E-state index contributed by atoms with van der Waals surface area (Å²) in [5.41, 5.74) is 1.32. The Hall–Kier alpha value is -1.74. The number of benzene rings is 1. The standard InChI is InChI=1S/C17H23NO2/c1-3-11-18-12-16-9-10-17(20-16)13-19-15-7-5-14(4-2)6-8-15/h5-10,18H,3-4,11-13H2,1-2H3. The van der Waals surface area contributed by atoms with Gasteiger partial charge < -0.3 is 14.5 Å². The summed E-state index contributed by atoms with van der Waals surface area (Å²) in [6.07, 6.45) is 2.18. The van der Waals surface area contributed by atoms with E-state index >= 15 is 0 Å². The molecule has 0 radical (unpaired) electrons. The smallest absolute Gasteiger partial charge is 0.146 e. The number of hydrogen-bond acceptors (Lipinski definition) is 3. The molecule has 0 saturated heterocycles. The van der Waals surface area contributed by atoms with Crippen molar-refractivity contribution in [3.05, 3.63) is 53.5 Å². The van der Waals surface area contributed by atoms with E-state index in [4.69, 9.17) is 9.15 Å². The molecule has 0 unspecified atom stereocenters. The van der Waals surface area contributed by atoms with E-state index in [-0.39, 0.29) is 0 Å². The van der Waals surface area contributed by atoms with E-state index in [0.717, 1.165) is 43.2 Å². The Morgan fingerprint density at radius 1 is 1.00 bits per heavy atom. The van der Waals surface area contributed by atoms with Crippen LogP contribution >= 0.6 is 0 Å². The number of hydrogen-bond donors (Lipinski definition) is 1. The van der Waals surface area contributed by atoms with Crippen molar-refractivity contribution in [1.82, 2.24) is 5.32 Å². The van der Waals surface area contributed by atoms with E-state index < -0.39 is 0 Å². The molecule has 1 N–H and O–H groups in total. The van der Waals surface area contributed by atoms with Gasteiger partial charge in [0.05, 0.1) is 6.54 Å². The molecule has 0 aliphatic heterocycles. The molecule has 3 nitrogen and oxygen atoms in total. The van der Waals surface area contributed by atoms with Gasteiger partial charge in [-0.1, -0.05) is 26.0 Å². The molecule has 1 aromatic heterocycles. The van der Waals surface area contributed by atoms with Gasteiger partial charge in [-0.2, -0.15) is 0 Å². The molecule has 108 valence electrons. The molecule has 0 saturated carbocycles. The van der Waals surface area contributed by atoms with Crippen LogP contribution in [-0.4, -0.2) is 6.54 Å². The number of ether oxygens (including phenoxy) is 1. The molecule has 0 amide bonds. The summed E-state index contributed by atoms with van der Waals surface area (Å²) >= 11 is 0. The minimum atomic E-state index is 0.471. The fraction of sp³-hybridized carbons (Fsp3) is 0.412. The van der Waals surface area contributed by atoms with E-state index in [1.807, 2.05) is 24.3 Å². The monoisotopic (exact) mass is 273 g/mol. The van der Waals surface area contributed by atoms with Gasteiger partial charge >= 0.3 is 0 Å². The van der Waals surface area contributed by atoms with Gasteiger partial charge in [-0.3, -0.25) is 0 Å². The van der Waals surface area contributed by atoms with E-state index in [9.17, 15) is 0 Å². The maximum atomic E-state index is 5.72. The van der Waals surface area contributed by atoms with Crippen LogP contribution in [0.5, 0.6) is 5.75 Å². The van der Waals surface area contributed by atoms with Gasteiger partial charge in [0.2, 0.25) is 0 Å². The number of nitrogens with one attached hydrogen (secondary N) is 1. The van der Waals surface area contributed by atoms with E-state index in [2.05, 4.69) is 31.3 Å². The molecule has 2 aromatic rings. The molecule has 0 atom stereocenters. The van der Waals surface area contributed by atoms with Gasteiger partial charge in [-0.05, 0) is 49.2 Å². The summed E-state index contributed by atoms with van der Waals surface area (Å²) in [5, 5.41) is 3.32. The third-order valence-corrected chi connectivity index (χ3v) is 3.16. The molecule has 0 aliphatic rings. The predicted molar refractivity (Wildman–Crippen MR) is 80.9 cm³/mol. The molecule has 3 heteroatoms. The van der Waals surface area contributed by atoms with Crippen molar-refractivity contribution in [2.45, 2.75) is 39.8 Å². The summed E-state index contributed by atoms with van der Waals surface area (Å²) in [5.74, 6) is 2.69. The molecular formula is C17H23NO2. The van der Waals surface area contributed by atoms with E-state index in [1.54, 1.807) is 0 Å². The molecule has 0 fully saturated rings. The molecular weight excluding hydrogens is 250 g/mol. The van der Waals surface area contributed by atoms with Crippen molar-refractivity contribution in [3.8, 4) is 5.75 Å². The van der Waals surface area contributed by atoms with Crippen LogP contribution in [0.3, 0.4) is 0 Å². The first-order chi connectivity index (χ1) is 9.81. The fourth-order valence-corrected chi connectivity index (χ4v) is 1.96. The number of rotatable bonds is 8. The topological polar surface area (TPSA) is 34.4 Å². The van der Waals surface area contributed by atoms with Crippen molar-refractivity contribution in [2.75, 3.05) is 6.54 Å². The highest BCUT2D eigenvalue weighted by molar-refractivity contribution is 5.27. The summed E-state index contributed by atoms with van der Waals surface area (Å²) in [6.45, 7) is 6.56. The third kappa shape index (κ3) is 4.42. The second kappa shape index (κ2) is 7.75. The maximum absolute atomic E-state index is 5.72. The zero-order valence-corrected chi connectivity index (χ0v) is 12.3. The summed E-state index contributed by atoms with van der Waals surface area (Å²) < 4.78 is 11.4. The zero-order valence-electron chi connectivity index (χ0n) is 12.3. The van der Waals surface area contributed by atoms with Crippen LogP contribution in [-0.2, 0) is 19.6 Å². The summed E-state index contributed by atoms with van der Waals surface area (Å²) in [7, 11) is 0. The first kappa shape index (κ1) is 14.7. The number of furan rings is 1. The molecule has 0 aliphatic carbocycles. The number of aryl methyl sites for hydroxylation is 1. The van der Waals surface area contributed by atoms with Crippen LogP contribution in [0, 0.1) is 0 Å². The second-order valence-corrected chi connectivity index (χ2v) is 4.83. The predicted octanol–water partition coefficient (Wildman–Crippen LogP) is 3.92. The van der Waals surface area contributed by atoms with Crippen molar-refractivity contribution >= 4 is 0 Å². The Morgan fingerprint density at radius 2 is 1.75 bits per heavy atom. The minimum absolute atomic E-state index is 0.471. The van der Waals surface area contributed by atoms with Gasteiger partial charge in [0.25, 0.3) is 0 Å². The Morgan fingerprint density at radius 3 is 2.45 bits per heavy atom. The lowest BCUT2D eigenvalue weighted by atomic mass is 10.2.